The minimum Gasteiger partial charge on any atom is -0.351 e. The van der Waals surface area contributed by atoms with Crippen LogP contribution in [0, 0.1) is 0 Å². The summed E-state index contributed by atoms with van der Waals surface area (Å²) < 4.78 is 0. The Morgan fingerprint density at radius 3 is 2.04 bits per heavy atom. The number of benzene rings is 2. The number of rotatable bonds is 5. The summed E-state index contributed by atoms with van der Waals surface area (Å²) in [6.45, 7) is 1.64. The summed E-state index contributed by atoms with van der Waals surface area (Å²) in [5, 5.41) is 10.3. The third-order valence-corrected chi connectivity index (χ3v) is 4.61. The third kappa shape index (κ3) is 4.68. The molecule has 2 aromatic carbocycles. The Morgan fingerprint density at radius 2 is 1.48 bits per heavy atom. The van der Waals surface area contributed by atoms with Crippen molar-refractivity contribution in [2.24, 2.45) is 5.73 Å². The maximum Gasteiger partial charge on any atom is 0.318 e. The first-order valence-electron chi connectivity index (χ1n) is 8.17. The van der Waals surface area contributed by atoms with Crippen LogP contribution in [0.4, 0.5) is 4.79 Å². The lowest BCUT2D eigenvalue weighted by Crippen LogP contribution is -2.39. The maximum absolute atomic E-state index is 11.9. The van der Waals surface area contributed by atoms with Crippen molar-refractivity contribution >= 4 is 23.7 Å². The Kier molecular flexibility index (Phi) is 5.77. The molecule has 0 saturated carbocycles. The van der Waals surface area contributed by atoms with Gasteiger partial charge in [-0.2, -0.15) is 0 Å². The minimum atomic E-state index is -0.893. The van der Waals surface area contributed by atoms with Crippen molar-refractivity contribution in [2.45, 2.75) is 17.3 Å². The normalized spacial score (nSPS) is 11.6. The Morgan fingerprint density at radius 1 is 0.926 bits per heavy atom. The highest BCUT2D eigenvalue weighted by atomic mass is 32.2. The van der Waals surface area contributed by atoms with E-state index in [0.717, 1.165) is 22.9 Å². The number of amides is 3. The molecule has 0 aliphatic heterocycles. The number of nitrogens with two attached hydrogens (primary N) is 1. The van der Waals surface area contributed by atoms with E-state index in [1.165, 1.54) is 0 Å². The van der Waals surface area contributed by atoms with Gasteiger partial charge in [0.1, 0.15) is 11.4 Å². The van der Waals surface area contributed by atoms with Gasteiger partial charge in [-0.1, -0.05) is 72.4 Å². The standard InChI is InChI=1S/C19H17N5O2S/c1-12(17(25)22-18(20)26)27-19-21-15(13-8-4-2-5-9-13)16(23-24-19)14-10-6-3-7-11-14/h2-12H,1H3,(H3,20,22,25,26)/t12-/m1/s1. The van der Waals surface area contributed by atoms with Gasteiger partial charge in [-0.3, -0.25) is 10.1 Å². The Hall–Kier alpha value is -3.26. The van der Waals surface area contributed by atoms with Crippen molar-refractivity contribution in [3.05, 3.63) is 60.7 Å². The van der Waals surface area contributed by atoms with Crippen molar-refractivity contribution in [3.63, 3.8) is 0 Å². The van der Waals surface area contributed by atoms with Gasteiger partial charge in [0, 0.05) is 11.1 Å². The molecule has 3 aromatic rings. The van der Waals surface area contributed by atoms with E-state index in [2.05, 4.69) is 15.2 Å². The fraction of sp³-hybridized carbons (Fsp3) is 0.105. The monoisotopic (exact) mass is 379 g/mol. The fourth-order valence-corrected chi connectivity index (χ4v) is 3.10. The van der Waals surface area contributed by atoms with Gasteiger partial charge in [0.05, 0.1) is 5.25 Å². The van der Waals surface area contributed by atoms with Gasteiger partial charge >= 0.3 is 6.03 Å². The van der Waals surface area contributed by atoms with Crippen molar-refractivity contribution in [3.8, 4) is 22.5 Å². The molecule has 0 unspecified atom stereocenters. The lowest BCUT2D eigenvalue weighted by atomic mass is 10.0. The van der Waals surface area contributed by atoms with E-state index in [9.17, 15) is 9.59 Å². The van der Waals surface area contributed by atoms with Crippen LogP contribution in [-0.2, 0) is 4.79 Å². The Balaban J connectivity index is 1.97. The number of primary amides is 1. The summed E-state index contributed by atoms with van der Waals surface area (Å²) in [5.41, 5.74) is 8.09. The second kappa shape index (κ2) is 8.41. The molecule has 1 atom stereocenters. The van der Waals surface area contributed by atoms with Crippen LogP contribution in [0.3, 0.4) is 0 Å². The number of carbonyl (C=O) groups excluding carboxylic acids is 2. The molecule has 1 heterocycles. The molecular formula is C19H17N5O2S. The first kappa shape index (κ1) is 18.5. The fourth-order valence-electron chi connectivity index (χ4n) is 2.38. The van der Waals surface area contributed by atoms with Gasteiger partial charge in [-0.15, -0.1) is 10.2 Å². The second-order valence-electron chi connectivity index (χ2n) is 5.64. The van der Waals surface area contributed by atoms with Crippen LogP contribution in [0.15, 0.2) is 65.8 Å². The molecule has 136 valence electrons. The average molecular weight is 379 g/mol. The number of nitrogens with zero attached hydrogens (tertiary/aromatic N) is 3. The highest BCUT2D eigenvalue weighted by molar-refractivity contribution is 8.00. The molecule has 0 spiro atoms. The number of thioether (sulfide) groups is 1. The molecule has 1 aromatic heterocycles. The Bertz CT molecular complexity index is 951. The number of hydrogen-bond donors (Lipinski definition) is 2. The van der Waals surface area contributed by atoms with Crippen LogP contribution in [0.1, 0.15) is 6.92 Å². The highest BCUT2D eigenvalue weighted by Crippen LogP contribution is 2.30. The number of carbonyl (C=O) groups is 2. The second-order valence-corrected chi connectivity index (χ2v) is 6.95. The molecule has 0 radical (unpaired) electrons. The average Bonchev–Trinajstić information content (AvgIpc) is 2.69. The molecule has 0 bridgehead atoms. The summed E-state index contributed by atoms with van der Waals surface area (Å²) in [7, 11) is 0. The van der Waals surface area contributed by atoms with Crippen LogP contribution >= 0.6 is 11.8 Å². The molecule has 27 heavy (non-hydrogen) atoms. The molecule has 0 fully saturated rings. The van der Waals surface area contributed by atoms with E-state index in [-0.39, 0.29) is 0 Å². The van der Waals surface area contributed by atoms with Crippen LogP contribution < -0.4 is 11.1 Å². The van der Waals surface area contributed by atoms with Gasteiger partial charge in [0.2, 0.25) is 11.1 Å². The number of urea groups is 1. The molecule has 3 N–H and O–H groups in total. The van der Waals surface area contributed by atoms with E-state index in [0.29, 0.717) is 16.5 Å². The lowest BCUT2D eigenvalue weighted by Gasteiger charge is -2.12. The van der Waals surface area contributed by atoms with Crippen LogP contribution in [0.5, 0.6) is 0 Å². The Labute approximate surface area is 160 Å². The van der Waals surface area contributed by atoms with Crippen molar-refractivity contribution in [1.82, 2.24) is 20.5 Å². The first-order valence-corrected chi connectivity index (χ1v) is 9.05. The van der Waals surface area contributed by atoms with Gasteiger partial charge in [0.15, 0.2) is 0 Å². The van der Waals surface area contributed by atoms with E-state index in [4.69, 9.17) is 5.73 Å². The maximum atomic E-state index is 11.9. The summed E-state index contributed by atoms with van der Waals surface area (Å²) in [5.74, 6) is -0.510. The summed E-state index contributed by atoms with van der Waals surface area (Å²) in [4.78, 5) is 27.4. The number of hydrogen-bond acceptors (Lipinski definition) is 6. The van der Waals surface area contributed by atoms with Gasteiger partial charge in [-0.05, 0) is 6.92 Å². The van der Waals surface area contributed by atoms with E-state index < -0.39 is 17.2 Å². The molecule has 0 aliphatic rings. The van der Waals surface area contributed by atoms with Crippen molar-refractivity contribution < 1.29 is 9.59 Å². The predicted molar refractivity (Wildman–Crippen MR) is 104 cm³/mol. The topological polar surface area (TPSA) is 111 Å². The summed E-state index contributed by atoms with van der Waals surface area (Å²) in [6, 6.07) is 18.4. The summed E-state index contributed by atoms with van der Waals surface area (Å²) in [6.07, 6.45) is 0. The van der Waals surface area contributed by atoms with Gasteiger partial charge in [0.25, 0.3) is 0 Å². The zero-order valence-electron chi connectivity index (χ0n) is 14.5. The number of aromatic nitrogens is 3. The predicted octanol–water partition coefficient (Wildman–Crippen LogP) is 2.88. The largest absolute Gasteiger partial charge is 0.351 e. The molecular weight excluding hydrogens is 362 g/mol. The SMILES string of the molecule is C[C@@H](Sc1nnc(-c2ccccc2)c(-c2ccccc2)n1)C(=O)NC(N)=O. The van der Waals surface area contributed by atoms with E-state index in [1.54, 1.807) is 6.92 Å². The number of nitrogens with one attached hydrogen (secondary N) is 1. The number of imide groups is 1. The van der Waals surface area contributed by atoms with E-state index >= 15 is 0 Å². The summed E-state index contributed by atoms with van der Waals surface area (Å²) >= 11 is 1.10. The van der Waals surface area contributed by atoms with Crippen LogP contribution in [0.25, 0.3) is 22.5 Å². The van der Waals surface area contributed by atoms with Crippen molar-refractivity contribution in [1.29, 1.82) is 0 Å². The molecule has 7 nitrogen and oxygen atoms in total. The van der Waals surface area contributed by atoms with Crippen LogP contribution in [0.2, 0.25) is 0 Å². The first-order chi connectivity index (χ1) is 13.0. The van der Waals surface area contributed by atoms with E-state index in [1.807, 2.05) is 66.0 Å². The van der Waals surface area contributed by atoms with Gasteiger partial charge < -0.3 is 5.73 Å². The zero-order chi connectivity index (χ0) is 19.2. The molecule has 8 heteroatoms. The van der Waals surface area contributed by atoms with Crippen molar-refractivity contribution in [2.75, 3.05) is 0 Å². The highest BCUT2D eigenvalue weighted by Gasteiger charge is 2.20. The van der Waals surface area contributed by atoms with Gasteiger partial charge in [-0.25, -0.2) is 9.78 Å². The molecule has 3 rings (SSSR count). The third-order valence-electron chi connectivity index (χ3n) is 3.66. The molecule has 3 amide bonds. The zero-order valence-corrected chi connectivity index (χ0v) is 15.3. The minimum absolute atomic E-state index is 0.334. The van der Waals surface area contributed by atoms with Crippen LogP contribution in [-0.4, -0.2) is 32.4 Å². The molecule has 0 aliphatic carbocycles. The molecule has 0 saturated heterocycles. The quantitative estimate of drug-likeness (QED) is 0.660. The lowest BCUT2D eigenvalue weighted by molar-refractivity contribution is -0.119. The smallest absolute Gasteiger partial charge is 0.318 e.